The molecule has 4 atom stereocenters. The molecule has 2 saturated carbocycles. The van der Waals surface area contributed by atoms with Gasteiger partial charge in [0.25, 0.3) is 0 Å². The highest BCUT2D eigenvalue weighted by Gasteiger charge is 2.26. The average molecular weight is 284 g/mol. The summed E-state index contributed by atoms with van der Waals surface area (Å²) in [7, 11) is 0. The topological polar surface area (TPSA) is 12.0 Å². The predicted molar refractivity (Wildman–Crippen MR) is 87.9 cm³/mol. The SMILES string of the molecule is CCCNC1CCCC1CCSC1CCCC(C)C1. The van der Waals surface area contributed by atoms with Crippen molar-refractivity contribution in [1.82, 2.24) is 5.32 Å². The zero-order valence-electron chi connectivity index (χ0n) is 13.0. The van der Waals surface area contributed by atoms with Gasteiger partial charge in [-0.05, 0) is 62.7 Å². The third-order valence-electron chi connectivity index (χ3n) is 5.05. The molecule has 0 aromatic carbocycles. The van der Waals surface area contributed by atoms with E-state index in [9.17, 15) is 0 Å². The van der Waals surface area contributed by atoms with Gasteiger partial charge in [0.1, 0.15) is 0 Å². The fourth-order valence-electron chi connectivity index (χ4n) is 3.90. The lowest BCUT2D eigenvalue weighted by Crippen LogP contribution is -2.33. The van der Waals surface area contributed by atoms with Crippen LogP contribution < -0.4 is 5.32 Å². The number of hydrogen-bond donors (Lipinski definition) is 1. The quantitative estimate of drug-likeness (QED) is 0.716. The summed E-state index contributed by atoms with van der Waals surface area (Å²) in [5, 5.41) is 4.75. The van der Waals surface area contributed by atoms with E-state index >= 15 is 0 Å². The van der Waals surface area contributed by atoms with Crippen molar-refractivity contribution in [2.24, 2.45) is 11.8 Å². The van der Waals surface area contributed by atoms with E-state index in [1.807, 2.05) is 0 Å². The molecule has 2 fully saturated rings. The van der Waals surface area contributed by atoms with Gasteiger partial charge in [0.05, 0.1) is 0 Å². The maximum atomic E-state index is 3.77. The lowest BCUT2D eigenvalue weighted by molar-refractivity contribution is 0.387. The van der Waals surface area contributed by atoms with E-state index in [0.717, 1.165) is 23.1 Å². The van der Waals surface area contributed by atoms with Crippen molar-refractivity contribution in [3.05, 3.63) is 0 Å². The normalized spacial score (nSPS) is 35.7. The minimum Gasteiger partial charge on any atom is -0.314 e. The highest BCUT2D eigenvalue weighted by molar-refractivity contribution is 7.99. The Hall–Kier alpha value is 0.310. The first kappa shape index (κ1) is 15.7. The van der Waals surface area contributed by atoms with Crippen LogP contribution in [0.15, 0.2) is 0 Å². The van der Waals surface area contributed by atoms with Crippen LogP contribution in [0.3, 0.4) is 0 Å². The molecule has 1 N–H and O–H groups in total. The summed E-state index contributed by atoms with van der Waals surface area (Å²) in [6.45, 7) is 5.93. The maximum absolute atomic E-state index is 3.77. The fraction of sp³-hybridized carbons (Fsp3) is 1.00. The average Bonchev–Trinajstić information content (AvgIpc) is 2.84. The Morgan fingerprint density at radius 3 is 2.74 bits per heavy atom. The molecule has 4 unspecified atom stereocenters. The molecule has 0 heterocycles. The van der Waals surface area contributed by atoms with Crippen molar-refractivity contribution in [1.29, 1.82) is 0 Å². The molecule has 0 bridgehead atoms. The molecule has 1 nitrogen and oxygen atoms in total. The van der Waals surface area contributed by atoms with Crippen LogP contribution in [0, 0.1) is 11.8 Å². The molecule has 0 spiro atoms. The van der Waals surface area contributed by atoms with Crippen molar-refractivity contribution in [3.63, 3.8) is 0 Å². The van der Waals surface area contributed by atoms with Gasteiger partial charge in [-0.2, -0.15) is 11.8 Å². The third-order valence-corrected chi connectivity index (χ3v) is 6.42. The van der Waals surface area contributed by atoms with Crippen molar-refractivity contribution < 1.29 is 0 Å². The highest BCUT2D eigenvalue weighted by atomic mass is 32.2. The molecule has 2 aliphatic rings. The third kappa shape index (κ3) is 5.30. The monoisotopic (exact) mass is 283 g/mol. The molecule has 0 aromatic heterocycles. The zero-order valence-corrected chi connectivity index (χ0v) is 13.8. The van der Waals surface area contributed by atoms with E-state index in [4.69, 9.17) is 0 Å². The number of nitrogens with one attached hydrogen (secondary N) is 1. The second-order valence-electron chi connectivity index (χ2n) is 6.80. The largest absolute Gasteiger partial charge is 0.314 e. The Bertz CT molecular complexity index is 243. The van der Waals surface area contributed by atoms with Gasteiger partial charge in [0.15, 0.2) is 0 Å². The van der Waals surface area contributed by atoms with Crippen molar-refractivity contribution >= 4 is 11.8 Å². The molecule has 19 heavy (non-hydrogen) atoms. The van der Waals surface area contributed by atoms with Crippen molar-refractivity contribution in [2.75, 3.05) is 12.3 Å². The van der Waals surface area contributed by atoms with Gasteiger partial charge in [-0.25, -0.2) is 0 Å². The molecular weight excluding hydrogens is 250 g/mol. The first-order valence-corrected chi connectivity index (χ1v) is 9.69. The molecular formula is C17H33NS. The van der Waals surface area contributed by atoms with E-state index in [1.165, 1.54) is 70.1 Å². The minimum absolute atomic E-state index is 0.839. The lowest BCUT2D eigenvalue weighted by atomic mass is 9.91. The summed E-state index contributed by atoms with van der Waals surface area (Å²) in [6, 6.07) is 0.839. The first-order chi connectivity index (χ1) is 9.29. The van der Waals surface area contributed by atoms with Crippen LogP contribution in [0.4, 0.5) is 0 Å². The van der Waals surface area contributed by atoms with Crippen LogP contribution in [0.2, 0.25) is 0 Å². The van der Waals surface area contributed by atoms with Crippen LogP contribution in [-0.4, -0.2) is 23.6 Å². The first-order valence-electron chi connectivity index (χ1n) is 8.64. The summed E-state index contributed by atoms with van der Waals surface area (Å²) < 4.78 is 0. The van der Waals surface area contributed by atoms with Gasteiger partial charge in [0.2, 0.25) is 0 Å². The number of hydrogen-bond acceptors (Lipinski definition) is 2. The molecule has 0 aromatic rings. The molecule has 2 rings (SSSR count). The Morgan fingerprint density at radius 1 is 1.11 bits per heavy atom. The second-order valence-corrected chi connectivity index (χ2v) is 8.21. The van der Waals surface area contributed by atoms with Crippen LogP contribution >= 0.6 is 11.8 Å². The summed E-state index contributed by atoms with van der Waals surface area (Å²) in [4.78, 5) is 0. The summed E-state index contributed by atoms with van der Waals surface area (Å²) in [5.74, 6) is 3.36. The van der Waals surface area contributed by atoms with E-state index in [0.29, 0.717) is 0 Å². The molecule has 2 heteroatoms. The van der Waals surface area contributed by atoms with Crippen LogP contribution in [0.1, 0.15) is 71.6 Å². The van der Waals surface area contributed by atoms with Gasteiger partial charge in [-0.3, -0.25) is 0 Å². The van der Waals surface area contributed by atoms with Gasteiger partial charge < -0.3 is 5.32 Å². The lowest BCUT2D eigenvalue weighted by Gasteiger charge is -2.27. The van der Waals surface area contributed by atoms with E-state index in [1.54, 1.807) is 0 Å². The second kappa shape index (κ2) is 8.56. The summed E-state index contributed by atoms with van der Waals surface area (Å²) in [5.41, 5.74) is 0. The van der Waals surface area contributed by atoms with Crippen LogP contribution in [-0.2, 0) is 0 Å². The van der Waals surface area contributed by atoms with Gasteiger partial charge in [-0.1, -0.05) is 33.1 Å². The Morgan fingerprint density at radius 2 is 1.95 bits per heavy atom. The van der Waals surface area contributed by atoms with Crippen LogP contribution in [0.25, 0.3) is 0 Å². The molecule has 2 aliphatic carbocycles. The zero-order chi connectivity index (χ0) is 13.5. The summed E-state index contributed by atoms with van der Waals surface area (Å²) >= 11 is 2.29. The molecule has 0 radical (unpaired) electrons. The van der Waals surface area contributed by atoms with Crippen LogP contribution in [0.5, 0.6) is 0 Å². The van der Waals surface area contributed by atoms with Gasteiger partial charge >= 0.3 is 0 Å². The van der Waals surface area contributed by atoms with Crippen molar-refractivity contribution in [3.8, 4) is 0 Å². The molecule has 112 valence electrons. The van der Waals surface area contributed by atoms with E-state index < -0.39 is 0 Å². The Balaban J connectivity index is 1.61. The standard InChI is InChI=1S/C17H33NS/c1-3-11-18-17-9-5-7-15(17)10-12-19-16-8-4-6-14(2)13-16/h14-18H,3-13H2,1-2H3. The summed E-state index contributed by atoms with van der Waals surface area (Å²) in [6.07, 6.45) is 13.0. The molecule has 0 aliphatic heterocycles. The van der Waals surface area contributed by atoms with Gasteiger partial charge in [0, 0.05) is 11.3 Å². The Labute approximate surface area is 124 Å². The minimum atomic E-state index is 0.839. The predicted octanol–water partition coefficient (Wildman–Crippen LogP) is 4.86. The number of thioether (sulfide) groups is 1. The number of rotatable bonds is 7. The smallest absolute Gasteiger partial charge is 0.00956 e. The molecule has 0 saturated heterocycles. The highest BCUT2D eigenvalue weighted by Crippen LogP contribution is 2.35. The fourth-order valence-corrected chi connectivity index (χ4v) is 5.47. The van der Waals surface area contributed by atoms with Gasteiger partial charge in [-0.15, -0.1) is 0 Å². The maximum Gasteiger partial charge on any atom is 0.00956 e. The van der Waals surface area contributed by atoms with Crippen molar-refractivity contribution in [2.45, 2.75) is 82.9 Å². The van der Waals surface area contributed by atoms with E-state index in [2.05, 4.69) is 30.9 Å². The Kier molecular flexibility index (Phi) is 7.07. The molecule has 0 amide bonds. The van der Waals surface area contributed by atoms with E-state index in [-0.39, 0.29) is 0 Å².